The van der Waals surface area contributed by atoms with Crippen LogP contribution in [0.3, 0.4) is 0 Å². The lowest BCUT2D eigenvalue weighted by atomic mass is 9.37. The van der Waals surface area contributed by atoms with Crippen molar-refractivity contribution in [2.45, 2.75) is 0 Å². The lowest BCUT2D eigenvalue weighted by Gasteiger charge is -2.18. The fraction of sp³-hybridized carbons (Fsp3) is 0. The first-order valence-corrected chi connectivity index (χ1v) is 13.8. The second kappa shape index (κ2) is 9.65. The van der Waals surface area contributed by atoms with E-state index in [-0.39, 0.29) is 6.71 Å². The summed E-state index contributed by atoms with van der Waals surface area (Å²) in [6, 6.07) is 48.5. The van der Waals surface area contributed by atoms with Crippen molar-refractivity contribution in [3.63, 3.8) is 0 Å². The minimum absolute atomic E-state index is 0.00350. The molecule has 192 valence electrons. The van der Waals surface area contributed by atoms with Crippen molar-refractivity contribution in [1.82, 2.24) is 14.4 Å². The Morgan fingerprint density at radius 3 is 2.17 bits per heavy atom. The van der Waals surface area contributed by atoms with Crippen molar-refractivity contribution < 1.29 is 4.74 Å². The van der Waals surface area contributed by atoms with Gasteiger partial charge < -0.3 is 4.74 Å². The van der Waals surface area contributed by atoms with Crippen LogP contribution in [0, 0.1) is 0 Å². The van der Waals surface area contributed by atoms with E-state index in [1.54, 1.807) is 6.20 Å². The molecule has 8 rings (SSSR count). The molecule has 0 radical (unpaired) electrons. The first-order chi connectivity index (χ1) is 20.3. The van der Waals surface area contributed by atoms with Gasteiger partial charge in [0, 0.05) is 23.0 Å². The monoisotopic (exact) mass is 525 g/mol. The van der Waals surface area contributed by atoms with Gasteiger partial charge in [-0.2, -0.15) is 0 Å². The largest absolute Gasteiger partial charge is 0.439 e. The topological polar surface area (TPSA) is 39.4 Å². The number of rotatable bonds is 5. The van der Waals surface area contributed by atoms with Gasteiger partial charge in [0.25, 0.3) is 0 Å². The number of hydrogen-bond acceptors (Lipinski definition) is 3. The molecule has 4 nitrogen and oxygen atoms in total. The van der Waals surface area contributed by atoms with E-state index in [0.717, 1.165) is 38.8 Å². The van der Waals surface area contributed by atoms with Crippen molar-refractivity contribution in [2.75, 3.05) is 0 Å². The van der Waals surface area contributed by atoms with E-state index < -0.39 is 0 Å². The van der Waals surface area contributed by atoms with Gasteiger partial charge in [0.1, 0.15) is 11.4 Å². The third-order valence-corrected chi connectivity index (χ3v) is 7.80. The average molecular weight is 525 g/mol. The van der Waals surface area contributed by atoms with Crippen LogP contribution in [0.1, 0.15) is 0 Å². The van der Waals surface area contributed by atoms with Crippen LogP contribution in [-0.4, -0.2) is 21.1 Å². The number of para-hydroxylation sites is 3. The molecule has 5 aromatic carbocycles. The van der Waals surface area contributed by atoms with Gasteiger partial charge in [-0.3, -0.25) is 4.40 Å². The van der Waals surface area contributed by atoms with Crippen molar-refractivity contribution in [3.05, 3.63) is 146 Å². The third kappa shape index (κ3) is 4.02. The summed E-state index contributed by atoms with van der Waals surface area (Å²) < 4.78 is 8.43. The summed E-state index contributed by atoms with van der Waals surface area (Å²) in [6.45, 7) is 0.00350. The number of fused-ring (bicyclic) bond motifs is 8. The zero-order valence-corrected chi connectivity index (χ0v) is 22.2. The highest BCUT2D eigenvalue weighted by Gasteiger charge is 2.24. The molecule has 0 aliphatic carbocycles. The second-order valence-corrected chi connectivity index (χ2v) is 10.3. The van der Waals surface area contributed by atoms with Crippen molar-refractivity contribution in [1.29, 1.82) is 0 Å². The highest BCUT2D eigenvalue weighted by atomic mass is 16.5. The molecule has 41 heavy (non-hydrogen) atoms. The van der Waals surface area contributed by atoms with Gasteiger partial charge in [-0.1, -0.05) is 113 Å². The van der Waals surface area contributed by atoms with Gasteiger partial charge in [0.2, 0.25) is 12.6 Å². The van der Waals surface area contributed by atoms with Crippen LogP contribution in [0.5, 0.6) is 11.6 Å². The van der Waals surface area contributed by atoms with Crippen molar-refractivity contribution in [3.8, 4) is 11.6 Å². The summed E-state index contributed by atoms with van der Waals surface area (Å²) in [5.41, 5.74) is 7.81. The first kappa shape index (κ1) is 23.5. The Hall–Kier alpha value is -5.42. The zero-order chi connectivity index (χ0) is 27.2. The van der Waals surface area contributed by atoms with Crippen LogP contribution in [0.2, 0.25) is 0 Å². The summed E-state index contributed by atoms with van der Waals surface area (Å²) in [5, 5.41) is 3.55. The van der Waals surface area contributed by atoms with E-state index in [1.165, 1.54) is 21.7 Å². The van der Waals surface area contributed by atoms with Gasteiger partial charge in [-0.25, -0.2) is 9.97 Å². The van der Waals surface area contributed by atoms with Crippen LogP contribution < -0.4 is 21.1 Å². The van der Waals surface area contributed by atoms with E-state index in [9.17, 15) is 0 Å². The highest BCUT2D eigenvalue weighted by molar-refractivity contribution is 6.95. The summed E-state index contributed by atoms with van der Waals surface area (Å²) in [7, 11) is 0. The summed E-state index contributed by atoms with van der Waals surface area (Å²) in [4.78, 5) is 9.48. The maximum absolute atomic E-state index is 6.13. The third-order valence-electron chi connectivity index (χ3n) is 7.80. The fourth-order valence-electron chi connectivity index (χ4n) is 6.02. The Bertz CT molecular complexity index is 2190. The number of benzene rings is 5. The summed E-state index contributed by atoms with van der Waals surface area (Å²) >= 11 is 0. The fourth-order valence-corrected chi connectivity index (χ4v) is 6.02. The molecule has 0 saturated carbocycles. The van der Waals surface area contributed by atoms with E-state index in [0.29, 0.717) is 5.88 Å². The number of aromatic nitrogens is 3. The second-order valence-electron chi connectivity index (χ2n) is 10.3. The van der Waals surface area contributed by atoms with Gasteiger partial charge in [0.05, 0.1) is 16.6 Å². The van der Waals surface area contributed by atoms with E-state index in [4.69, 9.17) is 9.72 Å². The highest BCUT2D eigenvalue weighted by Crippen LogP contribution is 2.31. The Balaban J connectivity index is 1.36. The minimum Gasteiger partial charge on any atom is -0.439 e. The Morgan fingerprint density at radius 2 is 1.29 bits per heavy atom. The van der Waals surface area contributed by atoms with Crippen molar-refractivity contribution in [2.24, 2.45) is 0 Å². The molecule has 5 heteroatoms. The molecule has 0 aliphatic heterocycles. The zero-order valence-electron chi connectivity index (χ0n) is 22.2. The Kier molecular flexibility index (Phi) is 5.52. The number of pyridine rings is 2. The SMILES string of the molecule is c1ccc(B(c2cccc(Oc3ccccn3)c2)c2ccc3c4ccccc4n4c5ccccc5nc4c3c2)cc1. The normalized spacial score (nSPS) is 11.4. The van der Waals surface area contributed by atoms with Gasteiger partial charge >= 0.3 is 0 Å². The van der Waals surface area contributed by atoms with E-state index >= 15 is 0 Å². The average Bonchev–Trinajstić information content (AvgIpc) is 3.43. The molecule has 3 aromatic heterocycles. The maximum Gasteiger partial charge on any atom is 0.241 e. The molecule has 8 aromatic rings. The van der Waals surface area contributed by atoms with E-state index in [2.05, 4.69) is 125 Å². The quantitative estimate of drug-likeness (QED) is 0.190. The number of hydrogen-bond donors (Lipinski definition) is 0. The summed E-state index contributed by atoms with van der Waals surface area (Å²) in [6.07, 6.45) is 1.74. The van der Waals surface area contributed by atoms with Crippen LogP contribution >= 0.6 is 0 Å². The number of nitrogens with zero attached hydrogens (tertiary/aromatic N) is 3. The van der Waals surface area contributed by atoms with Crippen molar-refractivity contribution >= 4 is 61.5 Å². The van der Waals surface area contributed by atoms with E-state index in [1.807, 2.05) is 24.3 Å². The van der Waals surface area contributed by atoms with Crippen LogP contribution in [0.15, 0.2) is 146 Å². The first-order valence-electron chi connectivity index (χ1n) is 13.8. The van der Waals surface area contributed by atoms with Crippen LogP contribution in [-0.2, 0) is 0 Å². The molecular formula is C36H24BN3O. The van der Waals surface area contributed by atoms with Crippen LogP contribution in [0.25, 0.3) is 38.4 Å². The smallest absolute Gasteiger partial charge is 0.241 e. The molecule has 0 saturated heterocycles. The molecule has 0 fully saturated rings. The molecule has 3 heterocycles. The molecule has 0 aliphatic rings. The molecule has 0 spiro atoms. The Labute approximate surface area is 237 Å². The lowest BCUT2D eigenvalue weighted by molar-refractivity contribution is 0.463. The maximum atomic E-state index is 6.13. The molecule has 0 N–H and O–H groups in total. The van der Waals surface area contributed by atoms with Gasteiger partial charge in [0.15, 0.2) is 0 Å². The Morgan fingerprint density at radius 1 is 0.537 bits per heavy atom. The molecule has 0 atom stereocenters. The van der Waals surface area contributed by atoms with Gasteiger partial charge in [-0.05, 0) is 41.8 Å². The summed E-state index contributed by atoms with van der Waals surface area (Å²) in [5.74, 6) is 1.34. The number of imidazole rings is 1. The molecular weight excluding hydrogens is 501 g/mol. The minimum atomic E-state index is 0.00350. The standard InChI is InChI=1S/C36H24BN3O/c1-2-11-25(12-3-1)37(26-13-10-14-28(23-26)41-35-19-8-9-22-38-35)27-20-21-29-30-15-4-6-17-33(30)40-34-18-7-5-16-32(34)39-36(40)31(29)24-27/h1-24H. The molecule has 0 amide bonds. The van der Waals surface area contributed by atoms with Gasteiger partial charge in [-0.15, -0.1) is 0 Å². The molecule has 0 bridgehead atoms. The predicted molar refractivity (Wildman–Crippen MR) is 170 cm³/mol. The predicted octanol–water partition coefficient (Wildman–Crippen LogP) is 6.50. The van der Waals surface area contributed by atoms with Crippen LogP contribution in [0.4, 0.5) is 0 Å². The molecule has 0 unspecified atom stereocenters. The lowest BCUT2D eigenvalue weighted by Crippen LogP contribution is -2.51. The number of ether oxygens (including phenoxy) is 1.